The third kappa shape index (κ3) is 4.80. The van der Waals surface area contributed by atoms with E-state index < -0.39 is 0 Å². The lowest BCUT2D eigenvalue weighted by Gasteiger charge is -2.23. The fourth-order valence-electron chi connectivity index (χ4n) is 3.15. The van der Waals surface area contributed by atoms with Gasteiger partial charge in [0.1, 0.15) is 5.76 Å². The second-order valence-electron chi connectivity index (χ2n) is 6.65. The van der Waals surface area contributed by atoms with Gasteiger partial charge in [-0.05, 0) is 59.4 Å². The minimum Gasteiger partial charge on any atom is -0.467 e. The lowest BCUT2D eigenvalue weighted by atomic mass is 10.1. The summed E-state index contributed by atoms with van der Waals surface area (Å²) >= 11 is 3.98. The van der Waals surface area contributed by atoms with Crippen LogP contribution in [0.3, 0.4) is 0 Å². The van der Waals surface area contributed by atoms with Gasteiger partial charge in [0.15, 0.2) is 0 Å². The first-order valence-corrected chi connectivity index (χ1v) is 11.4. The molecule has 0 unspecified atom stereocenters. The number of rotatable bonds is 6. The minimum atomic E-state index is -0.00393. The van der Waals surface area contributed by atoms with Crippen LogP contribution in [0.1, 0.15) is 38.2 Å². The number of hydrogen-bond donors (Lipinski definition) is 0. The van der Waals surface area contributed by atoms with Crippen molar-refractivity contribution in [3.63, 3.8) is 0 Å². The van der Waals surface area contributed by atoms with Crippen molar-refractivity contribution in [3.8, 4) is 0 Å². The zero-order valence-electron chi connectivity index (χ0n) is 15.5. The van der Waals surface area contributed by atoms with Crippen LogP contribution in [0.25, 0.3) is 0 Å². The topological polar surface area (TPSA) is 46.3 Å². The number of furan rings is 1. The van der Waals surface area contributed by atoms with E-state index in [1.165, 1.54) is 23.5 Å². The van der Waals surface area contributed by atoms with Crippen molar-refractivity contribution >= 4 is 29.4 Å². The van der Waals surface area contributed by atoms with Crippen molar-refractivity contribution < 1.29 is 9.21 Å². The molecule has 6 heteroatoms. The number of hydrogen-bond acceptors (Lipinski definition) is 5. The van der Waals surface area contributed by atoms with E-state index in [0.29, 0.717) is 23.2 Å². The summed E-state index contributed by atoms with van der Waals surface area (Å²) in [6.45, 7) is 0.917. The monoisotopic (exact) mass is 410 g/mol. The van der Waals surface area contributed by atoms with Crippen molar-refractivity contribution in [1.82, 2.24) is 9.88 Å². The molecule has 1 saturated heterocycles. The smallest absolute Gasteiger partial charge is 0.254 e. The van der Waals surface area contributed by atoms with E-state index in [1.54, 1.807) is 23.6 Å². The molecular formula is C22H22N2O2S2. The fraction of sp³-hybridized carbons (Fsp3) is 0.273. The fourth-order valence-corrected chi connectivity index (χ4v) is 6.04. The van der Waals surface area contributed by atoms with Gasteiger partial charge in [0, 0.05) is 24.5 Å². The molecule has 0 bridgehead atoms. The summed E-state index contributed by atoms with van der Waals surface area (Å²) in [6, 6.07) is 15.7. The minimum absolute atomic E-state index is 0.00393. The standard InChI is InChI=1S/C22H22N2O2S2/c25-21(18-6-8-19(9-7-18)22-27-12-3-13-28-22)24(16-20-5-2-11-26-20)15-17-4-1-10-23-14-17/h1-2,4-11,14,22H,3,12-13,15-16H2. The summed E-state index contributed by atoms with van der Waals surface area (Å²) in [4.78, 5) is 19.2. The maximum absolute atomic E-state index is 13.2. The van der Waals surface area contributed by atoms with Gasteiger partial charge in [0.2, 0.25) is 0 Å². The van der Waals surface area contributed by atoms with E-state index in [0.717, 1.165) is 11.3 Å². The first-order valence-electron chi connectivity index (χ1n) is 9.33. The van der Waals surface area contributed by atoms with E-state index in [4.69, 9.17) is 4.42 Å². The second-order valence-corrected chi connectivity index (χ2v) is 9.38. The van der Waals surface area contributed by atoms with Gasteiger partial charge in [-0.25, -0.2) is 0 Å². The SMILES string of the molecule is O=C(c1ccc(C2SCCCS2)cc1)N(Cc1cccnc1)Cc1ccco1. The summed E-state index contributed by atoms with van der Waals surface area (Å²) in [7, 11) is 0. The molecule has 1 fully saturated rings. The van der Waals surface area contributed by atoms with Crippen molar-refractivity contribution in [1.29, 1.82) is 0 Å². The van der Waals surface area contributed by atoms with Crippen LogP contribution < -0.4 is 0 Å². The van der Waals surface area contributed by atoms with E-state index in [9.17, 15) is 4.79 Å². The van der Waals surface area contributed by atoms with Gasteiger partial charge >= 0.3 is 0 Å². The molecule has 0 radical (unpaired) electrons. The number of benzene rings is 1. The summed E-state index contributed by atoms with van der Waals surface area (Å²) in [5.41, 5.74) is 2.98. The quantitative estimate of drug-likeness (QED) is 0.545. The molecule has 1 aliphatic rings. The Bertz CT molecular complexity index is 877. The number of pyridine rings is 1. The van der Waals surface area contributed by atoms with Gasteiger partial charge in [-0.1, -0.05) is 18.2 Å². The maximum Gasteiger partial charge on any atom is 0.254 e. The van der Waals surface area contributed by atoms with Crippen molar-refractivity contribution in [3.05, 3.63) is 89.6 Å². The third-order valence-electron chi connectivity index (χ3n) is 4.57. The largest absolute Gasteiger partial charge is 0.467 e. The van der Waals surface area contributed by atoms with Gasteiger partial charge < -0.3 is 9.32 Å². The zero-order valence-corrected chi connectivity index (χ0v) is 17.1. The predicted octanol–water partition coefficient (Wildman–Crippen LogP) is 5.39. The van der Waals surface area contributed by atoms with Crippen LogP contribution in [-0.2, 0) is 13.1 Å². The normalized spacial score (nSPS) is 14.7. The maximum atomic E-state index is 13.2. The Kier molecular flexibility index (Phi) is 6.39. The predicted molar refractivity (Wildman–Crippen MR) is 115 cm³/mol. The highest BCUT2D eigenvalue weighted by molar-refractivity contribution is 8.16. The third-order valence-corrected chi connectivity index (χ3v) is 7.58. The molecule has 4 rings (SSSR count). The Morgan fingerprint density at radius 3 is 2.57 bits per heavy atom. The Morgan fingerprint density at radius 1 is 1.07 bits per heavy atom. The summed E-state index contributed by atoms with van der Waals surface area (Å²) < 4.78 is 5.95. The molecule has 0 N–H and O–H groups in total. The summed E-state index contributed by atoms with van der Waals surface area (Å²) in [5.74, 6) is 3.18. The molecule has 3 aromatic rings. The molecular weight excluding hydrogens is 388 g/mol. The van der Waals surface area contributed by atoms with Crippen molar-refractivity contribution in [2.75, 3.05) is 11.5 Å². The number of carbonyl (C=O) groups is 1. The van der Waals surface area contributed by atoms with E-state index in [2.05, 4.69) is 17.1 Å². The average Bonchev–Trinajstić information content (AvgIpc) is 3.27. The molecule has 4 nitrogen and oxygen atoms in total. The molecule has 0 aliphatic carbocycles. The van der Waals surface area contributed by atoms with Crippen LogP contribution in [0.2, 0.25) is 0 Å². The molecule has 0 spiro atoms. The lowest BCUT2D eigenvalue weighted by Crippen LogP contribution is -2.30. The highest BCUT2D eigenvalue weighted by Gasteiger charge is 2.20. The number of amides is 1. The molecule has 1 aromatic carbocycles. The molecule has 3 heterocycles. The van der Waals surface area contributed by atoms with Crippen molar-refractivity contribution in [2.45, 2.75) is 24.1 Å². The number of nitrogens with zero attached hydrogens (tertiary/aromatic N) is 2. The van der Waals surface area contributed by atoms with Crippen LogP contribution in [0.5, 0.6) is 0 Å². The van der Waals surface area contributed by atoms with Gasteiger partial charge in [0.25, 0.3) is 5.91 Å². The van der Waals surface area contributed by atoms with Crippen LogP contribution in [0.15, 0.2) is 71.6 Å². The van der Waals surface area contributed by atoms with E-state index >= 15 is 0 Å². The summed E-state index contributed by atoms with van der Waals surface area (Å²) in [5, 5.41) is 0. The Balaban J connectivity index is 1.52. The van der Waals surface area contributed by atoms with Crippen LogP contribution >= 0.6 is 23.5 Å². The second kappa shape index (κ2) is 9.34. The van der Waals surface area contributed by atoms with E-state index in [-0.39, 0.29) is 5.91 Å². The van der Waals surface area contributed by atoms with Crippen LogP contribution in [0.4, 0.5) is 0 Å². The number of thioether (sulfide) groups is 2. The molecule has 0 saturated carbocycles. The molecule has 1 aliphatic heterocycles. The van der Waals surface area contributed by atoms with Crippen LogP contribution in [0, 0.1) is 0 Å². The van der Waals surface area contributed by atoms with Gasteiger partial charge in [0.05, 0.1) is 17.4 Å². The van der Waals surface area contributed by atoms with Gasteiger partial charge in [-0.3, -0.25) is 9.78 Å². The average molecular weight is 411 g/mol. The van der Waals surface area contributed by atoms with Gasteiger partial charge in [-0.15, -0.1) is 23.5 Å². The Hall–Kier alpha value is -2.18. The molecule has 1 amide bonds. The molecule has 28 heavy (non-hydrogen) atoms. The van der Waals surface area contributed by atoms with Crippen LogP contribution in [-0.4, -0.2) is 27.3 Å². The first kappa shape index (κ1) is 19.2. The first-order chi connectivity index (χ1) is 13.8. The zero-order chi connectivity index (χ0) is 19.2. The Labute approximate surface area is 173 Å². The van der Waals surface area contributed by atoms with Crippen molar-refractivity contribution in [2.24, 2.45) is 0 Å². The number of aromatic nitrogens is 1. The number of carbonyl (C=O) groups excluding carboxylic acids is 1. The Morgan fingerprint density at radius 2 is 1.89 bits per heavy atom. The lowest BCUT2D eigenvalue weighted by molar-refractivity contribution is 0.0717. The highest BCUT2D eigenvalue weighted by Crippen LogP contribution is 2.43. The molecule has 144 valence electrons. The summed E-state index contributed by atoms with van der Waals surface area (Å²) in [6.07, 6.45) is 6.44. The molecule has 2 aromatic heterocycles. The van der Waals surface area contributed by atoms with E-state index in [1.807, 2.05) is 59.9 Å². The highest BCUT2D eigenvalue weighted by atomic mass is 32.2. The molecule has 0 atom stereocenters. The van der Waals surface area contributed by atoms with Gasteiger partial charge in [-0.2, -0.15) is 0 Å².